The monoisotopic (exact) mass is 982 g/mol. The van der Waals surface area contributed by atoms with Gasteiger partial charge < -0.3 is 19.6 Å². The highest BCUT2D eigenvalue weighted by Gasteiger charge is 2.44. The first-order valence-electron chi connectivity index (χ1n) is 18.7. The summed E-state index contributed by atoms with van der Waals surface area (Å²) in [4.78, 5) is 61.5. The number of alkyl halides is 1. The highest BCUT2D eigenvalue weighted by molar-refractivity contribution is 6.62. The second kappa shape index (κ2) is 22.4. The van der Waals surface area contributed by atoms with E-state index < -0.39 is 34.5 Å². The van der Waals surface area contributed by atoms with E-state index in [4.69, 9.17) is 72.4 Å². The number of likely N-dealkylation sites (N-methyl/N-ethyl adjacent to an activating group) is 2. The van der Waals surface area contributed by atoms with E-state index in [9.17, 15) is 24.3 Å². The number of hydroxylamine groups is 4. The Kier molecular flexibility index (Phi) is 18.8. The fourth-order valence-corrected chi connectivity index (χ4v) is 6.55. The van der Waals surface area contributed by atoms with E-state index in [1.165, 1.54) is 30.3 Å². The van der Waals surface area contributed by atoms with Crippen molar-refractivity contribution >= 4 is 104 Å². The minimum atomic E-state index is -1.08. The molecular weight excluding hydrogens is 937 g/mol. The summed E-state index contributed by atoms with van der Waals surface area (Å²) in [6, 6.07) is 25.3. The van der Waals surface area contributed by atoms with Gasteiger partial charge in [-0.05, 0) is 110 Å². The molecule has 2 aliphatic heterocycles. The van der Waals surface area contributed by atoms with Gasteiger partial charge in [-0.15, -0.1) is 11.6 Å². The zero-order valence-corrected chi connectivity index (χ0v) is 41.0. The van der Waals surface area contributed by atoms with Crippen LogP contribution in [0, 0.1) is 0 Å². The summed E-state index contributed by atoms with van der Waals surface area (Å²) in [6.45, 7) is 6.79. The molecule has 4 aromatic rings. The zero-order chi connectivity index (χ0) is 47.7. The molecule has 338 valence electrons. The van der Waals surface area contributed by atoms with Crippen LogP contribution in [-0.4, -0.2) is 108 Å². The van der Waals surface area contributed by atoms with Crippen molar-refractivity contribution in [1.29, 1.82) is 0 Å². The highest BCUT2D eigenvalue weighted by Crippen LogP contribution is 2.41. The van der Waals surface area contributed by atoms with Crippen LogP contribution in [0.1, 0.15) is 38.8 Å². The average Bonchev–Trinajstić information content (AvgIpc) is 3.22. The SMILES string of the molecule is CCl.CN(C)C(=O)Cl.CN(C)C(=O)OC1=C(c2cc(-c3ccc(Cl)cc3)ccc2Cl)C(=O)N(C)OC1(C)C.CN1OC(C)(C)C(O)=C(c2cc(-c3ccc(Cl)cc3)ccc2Cl)C1=O. The summed E-state index contributed by atoms with van der Waals surface area (Å²) < 4.78 is 5.59. The van der Waals surface area contributed by atoms with Gasteiger partial charge in [-0.3, -0.25) is 24.1 Å². The second-order valence-electron chi connectivity index (χ2n) is 15.0. The molecule has 6 rings (SSSR count). The van der Waals surface area contributed by atoms with Crippen LogP contribution >= 0.6 is 69.6 Å². The largest absolute Gasteiger partial charge is 0.508 e. The Balaban J connectivity index is 0.000000290. The van der Waals surface area contributed by atoms with Crippen molar-refractivity contribution in [2.45, 2.75) is 38.9 Å². The van der Waals surface area contributed by atoms with Crippen LogP contribution in [0.5, 0.6) is 0 Å². The van der Waals surface area contributed by atoms with Gasteiger partial charge in [-0.25, -0.2) is 14.9 Å². The fraction of sp³-hybridized carbons (Fsp3) is 0.289. The van der Waals surface area contributed by atoms with E-state index in [1.54, 1.807) is 104 Å². The van der Waals surface area contributed by atoms with E-state index in [0.717, 1.165) is 32.4 Å². The molecule has 2 heterocycles. The van der Waals surface area contributed by atoms with Gasteiger partial charge in [0.2, 0.25) is 0 Å². The van der Waals surface area contributed by atoms with Gasteiger partial charge in [0, 0.05) is 79.9 Å². The number of aliphatic hydroxyl groups excluding tert-OH is 1. The number of ether oxygens (including phenoxy) is 1. The van der Waals surface area contributed by atoms with E-state index in [-0.39, 0.29) is 22.7 Å². The summed E-state index contributed by atoms with van der Waals surface area (Å²) >= 11 is 34.3. The van der Waals surface area contributed by atoms with Crippen LogP contribution in [0.3, 0.4) is 0 Å². The maximum absolute atomic E-state index is 13.1. The Bertz CT molecular complexity index is 2380. The number of halogens is 6. The first kappa shape index (κ1) is 52.8. The minimum Gasteiger partial charge on any atom is -0.508 e. The van der Waals surface area contributed by atoms with Crippen molar-refractivity contribution in [3.05, 3.63) is 128 Å². The maximum atomic E-state index is 13.1. The first-order chi connectivity index (χ1) is 29.4. The summed E-state index contributed by atoms with van der Waals surface area (Å²) in [5.41, 5.74) is 2.61. The Morgan fingerprint density at radius 3 is 1.33 bits per heavy atom. The van der Waals surface area contributed by atoms with Crippen molar-refractivity contribution in [3.8, 4) is 22.3 Å². The minimum absolute atomic E-state index is 0.0967. The maximum Gasteiger partial charge on any atom is 0.414 e. The van der Waals surface area contributed by atoms with Gasteiger partial charge >= 0.3 is 11.5 Å². The van der Waals surface area contributed by atoms with Gasteiger partial charge in [-0.2, -0.15) is 0 Å². The lowest BCUT2D eigenvalue weighted by atomic mass is 9.92. The third-order valence-corrected chi connectivity index (χ3v) is 10.5. The predicted molar refractivity (Wildman–Crippen MR) is 253 cm³/mol. The molecule has 2 aliphatic rings. The van der Waals surface area contributed by atoms with Gasteiger partial charge in [0.05, 0.1) is 11.1 Å². The van der Waals surface area contributed by atoms with Crippen LogP contribution in [0.4, 0.5) is 9.59 Å². The molecule has 0 radical (unpaired) electrons. The molecular formula is C45H48Cl6N4O8. The van der Waals surface area contributed by atoms with Crippen molar-refractivity contribution in [2.75, 3.05) is 48.7 Å². The van der Waals surface area contributed by atoms with Crippen molar-refractivity contribution in [1.82, 2.24) is 19.9 Å². The summed E-state index contributed by atoms with van der Waals surface area (Å²) in [7, 11) is 9.31. The molecule has 4 amide bonds. The Labute approximate surface area is 397 Å². The number of benzene rings is 4. The molecule has 18 heteroatoms. The van der Waals surface area contributed by atoms with E-state index in [1.807, 2.05) is 36.4 Å². The summed E-state index contributed by atoms with van der Waals surface area (Å²) in [6.07, 6.45) is 0.849. The molecule has 1 N–H and O–H groups in total. The number of carbonyl (C=O) groups is 4. The molecule has 0 fully saturated rings. The highest BCUT2D eigenvalue weighted by atomic mass is 35.5. The van der Waals surface area contributed by atoms with E-state index in [0.29, 0.717) is 31.2 Å². The van der Waals surface area contributed by atoms with Gasteiger partial charge in [0.1, 0.15) is 17.0 Å². The first-order valence-corrected chi connectivity index (χ1v) is 21.4. The average molecular weight is 986 g/mol. The Morgan fingerprint density at radius 2 is 0.952 bits per heavy atom. The number of nitrogens with zero attached hydrogens (tertiary/aromatic N) is 4. The lowest BCUT2D eigenvalue weighted by Gasteiger charge is -2.38. The molecule has 0 saturated carbocycles. The van der Waals surface area contributed by atoms with E-state index >= 15 is 0 Å². The standard InChI is InChI=1S/C22H22Cl2N2O4.C19H17Cl2NO3.C3H6ClNO.CH3Cl/c1-22(2)19(29-21(28)25(3)4)18(20(27)26(5)30-22)16-12-14(8-11-17(16)24)13-6-9-15(23)10-7-13;1-19(2)17(23)16(18(24)22(3)25-19)14-10-12(6-9-15(14)21)11-4-7-13(20)8-5-11;1-5(2)3(4)6;1-2/h6-12H,1-5H3;4-10,23H,1-3H3;1-2H3;1H3. The van der Waals surface area contributed by atoms with Crippen LogP contribution in [0.2, 0.25) is 20.1 Å². The Hall–Kier alpha value is -4.50. The van der Waals surface area contributed by atoms with Crippen molar-refractivity contribution in [3.63, 3.8) is 0 Å². The van der Waals surface area contributed by atoms with Crippen LogP contribution in [0.25, 0.3) is 33.4 Å². The van der Waals surface area contributed by atoms with E-state index in [2.05, 4.69) is 11.6 Å². The molecule has 0 unspecified atom stereocenters. The number of aliphatic hydroxyl groups is 1. The van der Waals surface area contributed by atoms with Crippen molar-refractivity contribution < 1.29 is 38.7 Å². The number of hydrogen-bond donors (Lipinski definition) is 1. The molecule has 0 atom stereocenters. The van der Waals surface area contributed by atoms with Gasteiger partial charge in [0.15, 0.2) is 5.76 Å². The predicted octanol–water partition coefficient (Wildman–Crippen LogP) is 12.1. The summed E-state index contributed by atoms with van der Waals surface area (Å²) in [5.74, 6) is -0.969. The second-order valence-corrected chi connectivity index (χ2v) is 17.1. The lowest BCUT2D eigenvalue weighted by Crippen LogP contribution is -2.46. The zero-order valence-electron chi connectivity index (χ0n) is 36.4. The lowest BCUT2D eigenvalue weighted by molar-refractivity contribution is -0.219. The number of rotatable bonds is 5. The summed E-state index contributed by atoms with van der Waals surface area (Å²) in [5, 5.41) is 14.4. The smallest absolute Gasteiger partial charge is 0.414 e. The molecule has 4 aromatic carbocycles. The van der Waals surface area contributed by atoms with Crippen LogP contribution < -0.4 is 0 Å². The Morgan fingerprint density at radius 1 is 0.603 bits per heavy atom. The molecule has 63 heavy (non-hydrogen) atoms. The molecule has 0 spiro atoms. The molecule has 0 saturated heterocycles. The quantitative estimate of drug-likeness (QED) is 0.119. The van der Waals surface area contributed by atoms with Crippen LogP contribution in [-0.2, 0) is 24.0 Å². The number of carbonyl (C=O) groups excluding carboxylic acids is 4. The fourth-order valence-electron chi connectivity index (χ4n) is 5.88. The molecule has 0 bridgehead atoms. The molecule has 12 nitrogen and oxygen atoms in total. The van der Waals surface area contributed by atoms with Crippen molar-refractivity contribution in [2.24, 2.45) is 0 Å². The number of amides is 4. The van der Waals surface area contributed by atoms with Crippen LogP contribution in [0.15, 0.2) is 96.4 Å². The topological polar surface area (TPSA) is 129 Å². The molecule has 0 aromatic heterocycles. The van der Waals surface area contributed by atoms with Gasteiger partial charge in [-0.1, -0.05) is 82.8 Å². The molecule has 0 aliphatic carbocycles. The van der Waals surface area contributed by atoms with Gasteiger partial charge in [0.25, 0.3) is 11.8 Å². The third-order valence-electron chi connectivity index (χ3n) is 9.04. The number of hydrogen-bond acceptors (Lipinski definition) is 8. The third kappa shape index (κ3) is 13.3. The normalized spacial score (nSPS) is 15.3.